The zero-order valence-corrected chi connectivity index (χ0v) is 6.01. The first-order valence-corrected chi connectivity index (χ1v) is 3.31. The lowest BCUT2D eigenvalue weighted by Gasteiger charge is -2.05. The standard InChI is InChI=1S/C4H7F3N2S/c1-9-4(8)10-3(7)2(5)6/h2-3H,1H3,(H2,8,9). The van der Waals surface area contributed by atoms with Gasteiger partial charge in [-0.05, 0) is 11.8 Å². The molecule has 2 N–H and O–H groups in total. The first-order valence-electron chi connectivity index (χ1n) is 2.43. The van der Waals surface area contributed by atoms with Gasteiger partial charge in [0.25, 0.3) is 6.43 Å². The number of alkyl halides is 3. The van der Waals surface area contributed by atoms with Gasteiger partial charge in [-0.3, -0.25) is 5.41 Å². The van der Waals surface area contributed by atoms with Gasteiger partial charge in [-0.1, -0.05) is 0 Å². The summed E-state index contributed by atoms with van der Waals surface area (Å²) in [7, 11) is 1.37. The molecule has 2 nitrogen and oxygen atoms in total. The molecule has 6 heteroatoms. The fraction of sp³-hybridized carbons (Fsp3) is 0.750. The summed E-state index contributed by atoms with van der Waals surface area (Å²) in [5.41, 5.74) is -2.31. The molecular formula is C4H7F3N2S. The van der Waals surface area contributed by atoms with Crippen LogP contribution in [0.2, 0.25) is 0 Å². The van der Waals surface area contributed by atoms with Crippen LogP contribution < -0.4 is 5.32 Å². The number of nitrogens with one attached hydrogen (secondary N) is 2. The Morgan fingerprint density at radius 1 is 1.50 bits per heavy atom. The van der Waals surface area contributed by atoms with Gasteiger partial charge in [-0.2, -0.15) is 0 Å². The molecule has 0 rings (SSSR count). The summed E-state index contributed by atoms with van der Waals surface area (Å²) in [4.78, 5) is 0. The minimum Gasteiger partial charge on any atom is -0.368 e. The van der Waals surface area contributed by atoms with E-state index in [1.165, 1.54) is 7.05 Å². The predicted molar refractivity (Wildman–Crippen MR) is 35.3 cm³/mol. The summed E-state index contributed by atoms with van der Waals surface area (Å²) >= 11 is 0.163. The Labute approximate surface area is 60.7 Å². The molecule has 0 bridgehead atoms. The molecule has 60 valence electrons. The lowest BCUT2D eigenvalue weighted by atomic mass is 10.8. The number of halogens is 3. The van der Waals surface area contributed by atoms with Crippen molar-refractivity contribution in [2.24, 2.45) is 0 Å². The Morgan fingerprint density at radius 3 is 2.30 bits per heavy atom. The Kier molecular flexibility index (Phi) is 4.26. The molecule has 1 atom stereocenters. The summed E-state index contributed by atoms with van der Waals surface area (Å²) in [6.45, 7) is 0. The summed E-state index contributed by atoms with van der Waals surface area (Å²) < 4.78 is 34.8. The van der Waals surface area contributed by atoms with E-state index in [0.717, 1.165) is 0 Å². The van der Waals surface area contributed by atoms with Gasteiger partial charge in [0.05, 0.1) is 0 Å². The molecule has 0 fully saturated rings. The van der Waals surface area contributed by atoms with Crippen LogP contribution in [0.25, 0.3) is 0 Å². The fourth-order valence-electron chi connectivity index (χ4n) is 0.223. The molecule has 0 radical (unpaired) electrons. The van der Waals surface area contributed by atoms with Gasteiger partial charge in [-0.25, -0.2) is 13.2 Å². The second kappa shape index (κ2) is 4.43. The maximum Gasteiger partial charge on any atom is 0.279 e. The van der Waals surface area contributed by atoms with Crippen LogP contribution >= 0.6 is 11.8 Å². The van der Waals surface area contributed by atoms with Crippen molar-refractivity contribution in [3.63, 3.8) is 0 Å². The molecule has 1 unspecified atom stereocenters. The molecule has 0 aliphatic heterocycles. The van der Waals surface area contributed by atoms with Crippen molar-refractivity contribution < 1.29 is 13.2 Å². The number of rotatable bonds is 2. The minimum absolute atomic E-state index is 0.163. The van der Waals surface area contributed by atoms with Crippen molar-refractivity contribution in [1.29, 1.82) is 5.41 Å². The smallest absolute Gasteiger partial charge is 0.279 e. The molecule has 0 aromatic heterocycles. The van der Waals surface area contributed by atoms with E-state index in [-0.39, 0.29) is 16.9 Å². The molecule has 0 heterocycles. The first kappa shape index (κ1) is 9.61. The zero-order valence-electron chi connectivity index (χ0n) is 5.20. The van der Waals surface area contributed by atoms with Crippen LogP contribution in [0.15, 0.2) is 0 Å². The molecule has 0 saturated heterocycles. The summed E-state index contributed by atoms with van der Waals surface area (Å²) in [6.07, 6.45) is -3.03. The van der Waals surface area contributed by atoms with E-state index in [9.17, 15) is 13.2 Å². The van der Waals surface area contributed by atoms with E-state index in [1.54, 1.807) is 0 Å². The maximum absolute atomic E-state index is 12.0. The van der Waals surface area contributed by atoms with Crippen molar-refractivity contribution in [1.82, 2.24) is 5.32 Å². The van der Waals surface area contributed by atoms with Crippen LogP contribution in [0.3, 0.4) is 0 Å². The molecular weight excluding hydrogens is 165 g/mol. The van der Waals surface area contributed by atoms with Crippen LogP contribution in [-0.4, -0.2) is 24.1 Å². The van der Waals surface area contributed by atoms with Crippen molar-refractivity contribution in [2.75, 3.05) is 7.05 Å². The van der Waals surface area contributed by atoms with E-state index in [1.807, 2.05) is 0 Å². The molecule has 10 heavy (non-hydrogen) atoms. The number of amidine groups is 1. The lowest BCUT2D eigenvalue weighted by molar-refractivity contribution is 0.0958. The van der Waals surface area contributed by atoms with Crippen molar-refractivity contribution in [3.05, 3.63) is 0 Å². The van der Waals surface area contributed by atoms with Crippen molar-refractivity contribution in [3.8, 4) is 0 Å². The summed E-state index contributed by atoms with van der Waals surface area (Å²) in [6, 6.07) is 0. The Balaban J connectivity index is 3.57. The van der Waals surface area contributed by atoms with Gasteiger partial charge in [-0.15, -0.1) is 0 Å². The highest BCUT2D eigenvalue weighted by molar-refractivity contribution is 8.14. The molecule has 0 aliphatic carbocycles. The molecule has 0 amide bonds. The third-order valence-corrected chi connectivity index (χ3v) is 1.53. The van der Waals surface area contributed by atoms with E-state index in [2.05, 4.69) is 5.32 Å². The molecule has 0 aromatic rings. The van der Waals surface area contributed by atoms with E-state index >= 15 is 0 Å². The third kappa shape index (κ3) is 3.60. The van der Waals surface area contributed by atoms with Crippen LogP contribution in [-0.2, 0) is 0 Å². The quantitative estimate of drug-likeness (QED) is 0.488. The van der Waals surface area contributed by atoms with Crippen LogP contribution in [0.5, 0.6) is 0 Å². The van der Waals surface area contributed by atoms with Gasteiger partial charge >= 0.3 is 0 Å². The monoisotopic (exact) mass is 172 g/mol. The topological polar surface area (TPSA) is 35.9 Å². The lowest BCUT2D eigenvalue weighted by Crippen LogP contribution is -2.18. The van der Waals surface area contributed by atoms with Crippen molar-refractivity contribution >= 4 is 16.9 Å². The number of hydrogen-bond donors (Lipinski definition) is 2. The summed E-state index contributed by atoms with van der Waals surface area (Å²) in [5, 5.41) is 8.66. The van der Waals surface area contributed by atoms with Gasteiger partial charge in [0.15, 0.2) is 5.17 Å². The SMILES string of the molecule is CNC(=N)SC(F)C(F)F. The Hall–Kier alpha value is -0.390. The van der Waals surface area contributed by atoms with Gasteiger partial charge < -0.3 is 5.32 Å². The van der Waals surface area contributed by atoms with E-state index in [4.69, 9.17) is 5.41 Å². The largest absolute Gasteiger partial charge is 0.368 e. The van der Waals surface area contributed by atoms with Crippen LogP contribution in [0.1, 0.15) is 0 Å². The molecule has 0 aliphatic rings. The number of thioether (sulfide) groups is 1. The fourth-order valence-corrected chi connectivity index (χ4v) is 0.669. The normalized spacial score (nSPS) is 13.3. The van der Waals surface area contributed by atoms with Crippen molar-refractivity contribution in [2.45, 2.75) is 11.9 Å². The molecule has 0 saturated carbocycles. The first-order chi connectivity index (χ1) is 4.57. The molecule has 0 aromatic carbocycles. The van der Waals surface area contributed by atoms with Gasteiger partial charge in [0.1, 0.15) is 0 Å². The third-order valence-electron chi connectivity index (χ3n) is 0.656. The number of hydrogen-bond acceptors (Lipinski definition) is 2. The van der Waals surface area contributed by atoms with Gasteiger partial charge in [0, 0.05) is 7.05 Å². The Morgan fingerprint density at radius 2 is 2.00 bits per heavy atom. The average molecular weight is 172 g/mol. The maximum atomic E-state index is 12.0. The highest BCUT2D eigenvalue weighted by Gasteiger charge is 2.20. The predicted octanol–water partition coefficient (Wildman–Crippen LogP) is 1.43. The van der Waals surface area contributed by atoms with E-state index < -0.39 is 11.9 Å². The highest BCUT2D eigenvalue weighted by atomic mass is 32.2. The van der Waals surface area contributed by atoms with Crippen LogP contribution in [0.4, 0.5) is 13.2 Å². The second-order valence-corrected chi connectivity index (χ2v) is 2.48. The second-order valence-electron chi connectivity index (χ2n) is 1.38. The molecule has 0 spiro atoms. The highest BCUT2D eigenvalue weighted by Crippen LogP contribution is 2.19. The summed E-state index contributed by atoms with van der Waals surface area (Å²) in [5.74, 6) is 0. The zero-order chi connectivity index (χ0) is 8.15. The van der Waals surface area contributed by atoms with Gasteiger partial charge in [0.2, 0.25) is 5.50 Å². The Bertz CT molecular complexity index is 119. The van der Waals surface area contributed by atoms with Crippen LogP contribution in [0, 0.1) is 5.41 Å². The minimum atomic E-state index is -3.03. The average Bonchev–Trinajstić information content (AvgIpc) is 1.87. The van der Waals surface area contributed by atoms with E-state index in [0.29, 0.717) is 0 Å².